The first-order chi connectivity index (χ1) is 26.3. The van der Waals surface area contributed by atoms with E-state index >= 15 is 0 Å². The average molecular weight is 771 g/mol. The summed E-state index contributed by atoms with van der Waals surface area (Å²) in [5.74, 6) is 0. The number of thiophene rings is 2. The van der Waals surface area contributed by atoms with E-state index in [1.54, 1.807) is 22.7 Å². The van der Waals surface area contributed by atoms with Gasteiger partial charge in [0, 0.05) is 0 Å². The third kappa shape index (κ3) is 7.89. The molecule has 2 heterocycles. The molecule has 7 rings (SSSR count). The molecule has 7 aromatic rings. The van der Waals surface area contributed by atoms with Gasteiger partial charge in [0.05, 0.1) is 0 Å². The predicted octanol–water partition coefficient (Wildman–Crippen LogP) is 17.0. The number of rotatable bonds is 6. The molecule has 2 aromatic heterocycles. The van der Waals surface area contributed by atoms with Crippen LogP contribution in [0.3, 0.4) is 0 Å². The van der Waals surface area contributed by atoms with Gasteiger partial charge in [-0.1, -0.05) is 180 Å². The number of hydrogen-bond acceptors (Lipinski definition) is 2. The molecule has 0 saturated carbocycles. The van der Waals surface area contributed by atoms with E-state index in [9.17, 15) is 0 Å². The molecule has 2 heteroatoms. The fourth-order valence-electron chi connectivity index (χ4n) is 7.84. The third-order valence-electron chi connectivity index (χ3n) is 11.3. The zero-order valence-electron chi connectivity index (χ0n) is 35.5. The van der Waals surface area contributed by atoms with Crippen LogP contribution in [0.25, 0.3) is 66.8 Å². The van der Waals surface area contributed by atoms with Crippen LogP contribution in [0.4, 0.5) is 0 Å². The van der Waals surface area contributed by atoms with E-state index in [1.165, 1.54) is 89.0 Å². The molecule has 0 aliphatic carbocycles. The fraction of sp³-hybridized carbons (Fsp3) is 0.296. The Morgan fingerprint density at radius 3 is 0.607 bits per heavy atom. The highest BCUT2D eigenvalue weighted by Crippen LogP contribution is 2.56. The Labute approximate surface area is 345 Å². The summed E-state index contributed by atoms with van der Waals surface area (Å²) in [5, 5.41) is 9.14. The van der Waals surface area contributed by atoms with Crippen LogP contribution in [-0.4, -0.2) is 0 Å². The van der Waals surface area contributed by atoms with Gasteiger partial charge in [-0.25, -0.2) is 0 Å². The summed E-state index contributed by atoms with van der Waals surface area (Å²) in [6.45, 7) is 27.6. The Balaban J connectivity index is 1.74. The third-order valence-corrected chi connectivity index (χ3v) is 12.6. The molecule has 0 fully saturated rings. The van der Waals surface area contributed by atoms with Gasteiger partial charge in [0.15, 0.2) is 0 Å². The molecule has 0 nitrogen and oxygen atoms in total. The van der Waals surface area contributed by atoms with Crippen LogP contribution in [0.1, 0.15) is 105 Å². The van der Waals surface area contributed by atoms with E-state index in [0.29, 0.717) is 0 Å². The van der Waals surface area contributed by atoms with Gasteiger partial charge >= 0.3 is 0 Å². The highest BCUT2D eigenvalue weighted by Gasteiger charge is 2.30. The molecule has 0 atom stereocenters. The average Bonchev–Trinajstić information content (AvgIpc) is 3.88. The summed E-state index contributed by atoms with van der Waals surface area (Å²) >= 11 is 3.54. The quantitative estimate of drug-likeness (QED) is 0.158. The molecule has 286 valence electrons. The second-order valence-corrected chi connectivity index (χ2v) is 21.1. The molecule has 0 aliphatic heterocycles. The summed E-state index contributed by atoms with van der Waals surface area (Å²) in [6.07, 6.45) is 0. The fourth-order valence-corrected chi connectivity index (χ4v) is 9.14. The normalized spacial score (nSPS) is 12.6. The van der Waals surface area contributed by atoms with Crippen LogP contribution in [-0.2, 0) is 21.7 Å². The van der Waals surface area contributed by atoms with E-state index in [0.717, 1.165) is 0 Å². The standard InChI is InChI=1S/C54H58S2/c1-51(2,3)41-21-13-35(14-22-41)45-46(36-15-23-42(24-16-36)52(4,5)6)48(38-19-27-44(28-20-38)54(10,11)12)50(40-30-32-56-34-40)49(39-29-31-55-33-39)47(45)37-17-25-43(26-18-37)53(7,8)9/h13-34H,1-12H3. The summed E-state index contributed by atoms with van der Waals surface area (Å²) in [6, 6.07) is 42.4. The van der Waals surface area contributed by atoms with Crippen molar-refractivity contribution < 1.29 is 0 Å². The smallest absolute Gasteiger partial charge is 0.000523 e. The summed E-state index contributed by atoms with van der Waals surface area (Å²) in [5.41, 5.74) is 20.6. The molecule has 0 unspecified atom stereocenters. The van der Waals surface area contributed by atoms with E-state index in [-0.39, 0.29) is 21.7 Å². The molecular weight excluding hydrogens is 713 g/mol. The Hall–Kier alpha value is -4.50. The van der Waals surface area contributed by atoms with Crippen LogP contribution in [0.2, 0.25) is 0 Å². The van der Waals surface area contributed by atoms with Crippen molar-refractivity contribution in [1.82, 2.24) is 0 Å². The Kier molecular flexibility index (Phi) is 10.5. The molecule has 0 amide bonds. The van der Waals surface area contributed by atoms with E-state index in [4.69, 9.17) is 0 Å². The van der Waals surface area contributed by atoms with Crippen LogP contribution in [0, 0.1) is 0 Å². The van der Waals surface area contributed by atoms with E-state index in [1.807, 2.05) is 0 Å². The molecule has 0 radical (unpaired) electrons. The first-order valence-corrected chi connectivity index (χ1v) is 21.9. The molecule has 0 saturated heterocycles. The van der Waals surface area contributed by atoms with Gasteiger partial charge in [0.25, 0.3) is 0 Å². The molecular formula is C54H58S2. The van der Waals surface area contributed by atoms with Crippen molar-refractivity contribution in [3.63, 3.8) is 0 Å². The number of benzene rings is 5. The van der Waals surface area contributed by atoms with Gasteiger partial charge in [-0.15, -0.1) is 0 Å². The van der Waals surface area contributed by atoms with Crippen molar-refractivity contribution in [1.29, 1.82) is 0 Å². The second kappa shape index (κ2) is 14.8. The first kappa shape index (κ1) is 39.7. The molecule has 0 N–H and O–H groups in total. The van der Waals surface area contributed by atoms with Gasteiger partial charge in [-0.2, -0.15) is 22.7 Å². The summed E-state index contributed by atoms with van der Waals surface area (Å²) in [7, 11) is 0. The number of hydrogen-bond donors (Lipinski definition) is 0. The van der Waals surface area contributed by atoms with Crippen LogP contribution in [0.15, 0.2) is 131 Å². The molecule has 5 aromatic carbocycles. The van der Waals surface area contributed by atoms with Crippen molar-refractivity contribution in [2.45, 2.75) is 105 Å². The maximum absolute atomic E-state index is 2.38. The zero-order chi connectivity index (χ0) is 40.2. The SMILES string of the molecule is CC(C)(C)c1ccc(-c2c(-c3ccc(C(C)(C)C)cc3)c(-c3ccc(C(C)(C)C)cc3)c(-c3ccsc3)c(-c3ccsc3)c2-c2ccc(C(C)(C)C)cc2)cc1. The van der Waals surface area contributed by atoms with Crippen LogP contribution < -0.4 is 0 Å². The molecule has 0 spiro atoms. The topological polar surface area (TPSA) is 0 Å². The first-order valence-electron chi connectivity index (χ1n) is 20.0. The lowest BCUT2D eigenvalue weighted by Gasteiger charge is -2.29. The Morgan fingerprint density at radius 2 is 0.446 bits per heavy atom. The second-order valence-electron chi connectivity index (χ2n) is 19.6. The molecule has 56 heavy (non-hydrogen) atoms. The minimum absolute atomic E-state index is 0.0420. The minimum atomic E-state index is 0.0420. The Morgan fingerprint density at radius 1 is 0.250 bits per heavy atom. The monoisotopic (exact) mass is 770 g/mol. The zero-order valence-corrected chi connectivity index (χ0v) is 37.2. The van der Waals surface area contributed by atoms with Gasteiger partial charge in [0.2, 0.25) is 0 Å². The maximum atomic E-state index is 2.38. The van der Waals surface area contributed by atoms with Crippen LogP contribution in [0.5, 0.6) is 0 Å². The molecule has 0 bridgehead atoms. The highest BCUT2D eigenvalue weighted by atomic mass is 32.1. The Bertz CT molecular complexity index is 2230. The van der Waals surface area contributed by atoms with E-state index in [2.05, 4.69) is 214 Å². The van der Waals surface area contributed by atoms with Gasteiger partial charge < -0.3 is 0 Å². The van der Waals surface area contributed by atoms with E-state index < -0.39 is 0 Å². The van der Waals surface area contributed by atoms with Crippen molar-refractivity contribution in [3.8, 4) is 66.8 Å². The highest BCUT2D eigenvalue weighted by molar-refractivity contribution is 7.08. The van der Waals surface area contributed by atoms with Crippen molar-refractivity contribution in [2.75, 3.05) is 0 Å². The van der Waals surface area contributed by atoms with Gasteiger partial charge in [-0.05, 0) is 144 Å². The summed E-state index contributed by atoms with van der Waals surface area (Å²) in [4.78, 5) is 0. The predicted molar refractivity (Wildman–Crippen MR) is 250 cm³/mol. The van der Waals surface area contributed by atoms with Crippen molar-refractivity contribution in [3.05, 3.63) is 153 Å². The minimum Gasteiger partial charge on any atom is -0.152 e. The summed E-state index contributed by atoms with van der Waals surface area (Å²) < 4.78 is 0. The van der Waals surface area contributed by atoms with Crippen molar-refractivity contribution >= 4 is 22.7 Å². The van der Waals surface area contributed by atoms with Gasteiger partial charge in [-0.3, -0.25) is 0 Å². The molecule has 0 aliphatic rings. The maximum Gasteiger partial charge on any atom is -0.000523 e. The lowest BCUT2D eigenvalue weighted by atomic mass is 9.73. The van der Waals surface area contributed by atoms with Gasteiger partial charge in [0.1, 0.15) is 0 Å². The largest absolute Gasteiger partial charge is 0.152 e. The lowest BCUT2D eigenvalue weighted by Crippen LogP contribution is -2.11. The van der Waals surface area contributed by atoms with Crippen molar-refractivity contribution in [2.24, 2.45) is 0 Å². The lowest BCUT2D eigenvalue weighted by molar-refractivity contribution is 0.590. The van der Waals surface area contributed by atoms with Crippen LogP contribution >= 0.6 is 22.7 Å².